The number of aromatic nitrogens is 2. The van der Waals surface area contributed by atoms with Gasteiger partial charge in [0.25, 0.3) is 0 Å². The quantitative estimate of drug-likeness (QED) is 0.0406. The zero-order valence-corrected chi connectivity index (χ0v) is 33.8. The number of aliphatic hydroxyl groups excluding tert-OH is 2. The molecule has 0 spiro atoms. The Kier molecular flexibility index (Phi) is 31.5. The normalized spacial score (nSPS) is 16.4. The summed E-state index contributed by atoms with van der Waals surface area (Å²) in [5.41, 5.74) is 11.9. The van der Waals surface area contributed by atoms with Crippen molar-refractivity contribution in [2.45, 2.75) is 39.0 Å². The molecule has 0 bridgehead atoms. The third-order valence-electron chi connectivity index (χ3n) is 7.11. The van der Waals surface area contributed by atoms with E-state index >= 15 is 0 Å². The van der Waals surface area contributed by atoms with E-state index in [-0.39, 0.29) is 38.8 Å². The Morgan fingerprint density at radius 2 is 1.48 bits per heavy atom. The highest BCUT2D eigenvalue weighted by molar-refractivity contribution is 7.41. The molecule has 23 heteroatoms. The monoisotopic (exact) mass is 829 g/mol. The number of nitrogens with zero attached hydrogens (tertiary/aromatic N) is 4. The van der Waals surface area contributed by atoms with E-state index in [1.54, 1.807) is 0 Å². The summed E-state index contributed by atoms with van der Waals surface area (Å²) in [4.78, 5) is 45.7. The van der Waals surface area contributed by atoms with Crippen molar-refractivity contribution in [1.29, 1.82) is 0 Å². The van der Waals surface area contributed by atoms with Gasteiger partial charge in [0.2, 0.25) is 5.91 Å². The van der Waals surface area contributed by atoms with Gasteiger partial charge in [0, 0.05) is 33.4 Å². The fourth-order valence-electron chi connectivity index (χ4n) is 4.68. The largest absolute Gasteiger partial charge is 0.396 e. The Hall–Kier alpha value is -2.67. The van der Waals surface area contributed by atoms with Crippen LogP contribution in [0.1, 0.15) is 26.7 Å². The van der Waals surface area contributed by atoms with E-state index < -0.39 is 27.1 Å². The summed E-state index contributed by atoms with van der Waals surface area (Å²) in [5.74, 6) is -0.138. The van der Waals surface area contributed by atoms with Gasteiger partial charge in [0.1, 0.15) is 31.5 Å². The Labute approximate surface area is 330 Å². The average Bonchev–Trinajstić information content (AvgIpc) is 3.80. The number of nitrogen functional groups attached to an aromatic ring is 1. The smallest absolute Gasteiger partial charge is 0.394 e. The second-order valence-corrected chi connectivity index (χ2v) is 12.4. The van der Waals surface area contributed by atoms with Crippen molar-refractivity contribution in [3.05, 3.63) is 6.33 Å². The standard InChI is InChI=1S/C21H35N6O9P.C6H15NO2.C6H14O4/c1-3-31-8-9-32-7-6-23-16(28)11-33-12-18(29)36-37(30)34-10-15-4-5-17(35-15)27-14-26(2)19-20(22)24-13-25-21(19)27;1-2-8-5-6-9-4-3-7;7-1-3-9-5-6-10-4-2-8/h13,15,17,30H,3-12,14H2,1-2H3,(H,23,28)(H2,22,24,25);2-7H2,1H3;7-8H,1-6H2. The molecule has 3 rings (SSSR count). The third kappa shape index (κ3) is 24.2. The molecule has 22 nitrogen and oxygen atoms in total. The lowest BCUT2D eigenvalue weighted by Crippen LogP contribution is -2.38. The molecule has 0 aliphatic carbocycles. The number of hydrogen-bond acceptors (Lipinski definition) is 21. The molecule has 2 aliphatic heterocycles. The predicted molar refractivity (Wildman–Crippen MR) is 205 cm³/mol. The second kappa shape index (κ2) is 34.4. The van der Waals surface area contributed by atoms with Crippen molar-refractivity contribution in [3.8, 4) is 0 Å². The SMILES string of the molecule is CCOCCOCCN.CCOCCOCCNC(=O)COCC(=O)OP(O)OCC1CCC(N2CN(C)c3c(N)ncnc32)O1.OCCOCCOCCO. The van der Waals surface area contributed by atoms with Crippen molar-refractivity contribution in [2.75, 3.05) is 155 Å². The van der Waals surface area contributed by atoms with Crippen molar-refractivity contribution < 1.29 is 71.6 Å². The summed E-state index contributed by atoms with van der Waals surface area (Å²) in [6, 6.07) is 0. The van der Waals surface area contributed by atoms with E-state index in [9.17, 15) is 14.5 Å². The van der Waals surface area contributed by atoms with Crippen LogP contribution in [0.5, 0.6) is 0 Å². The van der Waals surface area contributed by atoms with Crippen LogP contribution in [0.3, 0.4) is 0 Å². The fourth-order valence-corrected chi connectivity index (χ4v) is 5.26. The topological polar surface area (TPSA) is 283 Å². The van der Waals surface area contributed by atoms with Crippen LogP contribution >= 0.6 is 8.60 Å². The minimum absolute atomic E-state index is 0.0417. The van der Waals surface area contributed by atoms with Crippen LogP contribution in [0.25, 0.3) is 0 Å². The van der Waals surface area contributed by atoms with Crippen LogP contribution in [0.4, 0.5) is 17.3 Å². The van der Waals surface area contributed by atoms with Gasteiger partial charge in [-0.15, -0.1) is 0 Å². The Morgan fingerprint density at radius 1 is 0.875 bits per heavy atom. The zero-order chi connectivity index (χ0) is 41.2. The molecule has 1 aromatic heterocycles. The summed E-state index contributed by atoms with van der Waals surface area (Å²) >= 11 is 0. The summed E-state index contributed by atoms with van der Waals surface area (Å²) in [6.07, 6.45) is 2.30. The number of nitrogens with two attached hydrogens (primary N) is 2. The third-order valence-corrected chi connectivity index (χ3v) is 7.84. The van der Waals surface area contributed by atoms with E-state index in [1.165, 1.54) is 6.33 Å². The van der Waals surface area contributed by atoms with Gasteiger partial charge < -0.3 is 84.1 Å². The van der Waals surface area contributed by atoms with E-state index in [2.05, 4.69) is 15.3 Å². The number of carbonyl (C=O) groups is 2. The van der Waals surface area contributed by atoms with Crippen LogP contribution < -0.4 is 26.6 Å². The van der Waals surface area contributed by atoms with Gasteiger partial charge in [0.15, 0.2) is 11.6 Å². The molecule has 0 radical (unpaired) electrons. The van der Waals surface area contributed by atoms with Crippen molar-refractivity contribution in [3.63, 3.8) is 0 Å². The van der Waals surface area contributed by atoms with Crippen molar-refractivity contribution in [1.82, 2.24) is 15.3 Å². The van der Waals surface area contributed by atoms with Gasteiger partial charge in [-0.3, -0.25) is 9.32 Å². The first-order chi connectivity index (χ1) is 27.2. The van der Waals surface area contributed by atoms with E-state index in [0.29, 0.717) is 110 Å². The highest BCUT2D eigenvalue weighted by Crippen LogP contribution is 2.40. The molecule has 2 aliphatic rings. The molecule has 1 amide bonds. The van der Waals surface area contributed by atoms with Gasteiger partial charge in [-0.25, -0.2) is 14.8 Å². The van der Waals surface area contributed by atoms with Gasteiger partial charge >= 0.3 is 14.6 Å². The van der Waals surface area contributed by atoms with Crippen molar-refractivity contribution in [2.24, 2.45) is 5.73 Å². The van der Waals surface area contributed by atoms with Crippen LogP contribution in [-0.4, -0.2) is 188 Å². The predicted octanol–water partition coefficient (Wildman–Crippen LogP) is -1.26. The minimum atomic E-state index is -2.46. The molecule has 3 atom stereocenters. The molecule has 1 aromatic rings. The maximum absolute atomic E-state index is 11.8. The molecule has 0 aromatic carbocycles. The van der Waals surface area contributed by atoms with E-state index in [1.807, 2.05) is 30.7 Å². The molecule has 8 N–H and O–H groups in total. The van der Waals surface area contributed by atoms with Gasteiger partial charge in [0.05, 0.1) is 98.7 Å². The Bertz CT molecular complexity index is 1130. The van der Waals surface area contributed by atoms with E-state index in [4.69, 9.17) is 68.6 Å². The van der Waals surface area contributed by atoms with Gasteiger partial charge in [-0.2, -0.15) is 0 Å². The lowest BCUT2D eigenvalue weighted by Gasteiger charge is -2.25. The number of ether oxygens (including phenoxy) is 8. The molecule has 326 valence electrons. The first kappa shape index (κ1) is 51.3. The van der Waals surface area contributed by atoms with Crippen LogP contribution in [0, 0.1) is 0 Å². The van der Waals surface area contributed by atoms with Gasteiger partial charge in [-0.1, -0.05) is 0 Å². The lowest BCUT2D eigenvalue weighted by molar-refractivity contribution is -0.142. The van der Waals surface area contributed by atoms with E-state index in [0.717, 1.165) is 18.7 Å². The summed E-state index contributed by atoms with van der Waals surface area (Å²) in [7, 11) is -0.559. The molecular formula is C33H64N7O15P. The first-order valence-electron chi connectivity index (χ1n) is 18.5. The first-order valence-corrected chi connectivity index (χ1v) is 19.6. The molecule has 1 fully saturated rings. The minimum Gasteiger partial charge on any atom is -0.394 e. The lowest BCUT2D eigenvalue weighted by atomic mass is 10.2. The van der Waals surface area contributed by atoms with Crippen LogP contribution in [0.2, 0.25) is 0 Å². The fraction of sp³-hybridized carbons (Fsp3) is 0.818. The summed E-state index contributed by atoms with van der Waals surface area (Å²) in [5, 5.41) is 19.1. The maximum Gasteiger partial charge on any atom is 0.396 e. The number of anilines is 3. The highest BCUT2D eigenvalue weighted by atomic mass is 31.2. The number of hydrogen-bond donors (Lipinski definition) is 6. The molecule has 0 saturated carbocycles. The van der Waals surface area contributed by atoms with Crippen molar-refractivity contribution >= 4 is 37.8 Å². The maximum atomic E-state index is 11.8. The molecule has 3 unspecified atom stereocenters. The molecular weight excluding hydrogens is 765 g/mol. The number of amides is 1. The van der Waals surface area contributed by atoms with Crippen LogP contribution in [-0.2, 0) is 56.5 Å². The highest BCUT2D eigenvalue weighted by Gasteiger charge is 2.38. The average molecular weight is 830 g/mol. The number of rotatable bonds is 29. The second-order valence-electron chi connectivity index (χ2n) is 11.4. The van der Waals surface area contributed by atoms with Crippen LogP contribution in [0.15, 0.2) is 6.33 Å². The Balaban J connectivity index is 0.000000677. The number of fused-ring (bicyclic) bond motifs is 1. The zero-order valence-electron chi connectivity index (χ0n) is 32.9. The number of nitrogens with one attached hydrogen (secondary N) is 1. The number of aliphatic hydroxyl groups is 2. The molecule has 3 heterocycles. The summed E-state index contributed by atoms with van der Waals surface area (Å²) in [6.45, 7) is 10.9. The summed E-state index contributed by atoms with van der Waals surface area (Å²) < 4.78 is 51.3. The Morgan fingerprint density at radius 3 is 2.09 bits per heavy atom. The molecule has 1 saturated heterocycles. The number of carbonyl (C=O) groups excluding carboxylic acids is 2. The van der Waals surface area contributed by atoms with Gasteiger partial charge in [-0.05, 0) is 26.7 Å². The molecule has 56 heavy (non-hydrogen) atoms.